The molecular formula is C21H22N2O6S. The van der Waals surface area contributed by atoms with Crippen molar-refractivity contribution in [3.63, 3.8) is 0 Å². The van der Waals surface area contributed by atoms with Crippen LogP contribution < -0.4 is 20.1 Å². The number of carbonyl (C=O) groups is 3. The number of ether oxygens (including phenoxy) is 2. The van der Waals surface area contributed by atoms with Crippen LogP contribution in [0.25, 0.3) is 0 Å². The van der Waals surface area contributed by atoms with Gasteiger partial charge >= 0.3 is 5.97 Å². The number of fused-ring (bicyclic) bond motifs is 1. The largest absolute Gasteiger partial charge is 0.481 e. The van der Waals surface area contributed by atoms with E-state index < -0.39 is 5.97 Å². The lowest BCUT2D eigenvalue weighted by Crippen LogP contribution is -2.24. The van der Waals surface area contributed by atoms with Gasteiger partial charge in [-0.25, -0.2) is 0 Å². The van der Waals surface area contributed by atoms with Gasteiger partial charge in [0.2, 0.25) is 18.6 Å². The summed E-state index contributed by atoms with van der Waals surface area (Å²) in [5.74, 6) is -0.283. The highest BCUT2D eigenvalue weighted by atomic mass is 32.2. The first-order valence-electron chi connectivity index (χ1n) is 9.43. The summed E-state index contributed by atoms with van der Waals surface area (Å²) < 4.78 is 10.6. The summed E-state index contributed by atoms with van der Waals surface area (Å²) in [6.07, 6.45) is 0.288. The van der Waals surface area contributed by atoms with E-state index in [0.29, 0.717) is 29.3 Å². The molecule has 0 spiro atoms. The van der Waals surface area contributed by atoms with Crippen LogP contribution in [0, 0.1) is 0 Å². The minimum atomic E-state index is -1.02. The molecule has 1 heterocycles. The Hall–Kier alpha value is -3.20. The fourth-order valence-corrected chi connectivity index (χ4v) is 3.79. The third kappa shape index (κ3) is 5.90. The predicted molar refractivity (Wildman–Crippen MR) is 113 cm³/mol. The number of rotatable bonds is 9. The van der Waals surface area contributed by atoms with E-state index >= 15 is 0 Å². The zero-order chi connectivity index (χ0) is 21.5. The Bertz CT molecular complexity index is 949. The third-order valence-electron chi connectivity index (χ3n) is 4.27. The first-order chi connectivity index (χ1) is 14.4. The van der Waals surface area contributed by atoms with Crippen molar-refractivity contribution in [3.8, 4) is 11.5 Å². The van der Waals surface area contributed by atoms with Crippen molar-refractivity contribution in [1.82, 2.24) is 0 Å². The van der Waals surface area contributed by atoms with Gasteiger partial charge in [0.25, 0.3) is 0 Å². The highest BCUT2D eigenvalue weighted by Crippen LogP contribution is 2.35. The lowest BCUT2D eigenvalue weighted by atomic mass is 10.2. The second-order valence-electron chi connectivity index (χ2n) is 6.54. The van der Waals surface area contributed by atoms with Crippen molar-refractivity contribution in [2.24, 2.45) is 0 Å². The summed E-state index contributed by atoms with van der Waals surface area (Å²) >= 11 is 1.39. The molecule has 3 rings (SSSR count). The van der Waals surface area contributed by atoms with Crippen LogP contribution in [0.2, 0.25) is 0 Å². The predicted octanol–water partition coefficient (Wildman–Crippen LogP) is 3.73. The maximum atomic E-state index is 12.7. The molecule has 158 valence electrons. The fraction of sp³-hybridized carbons (Fsp3) is 0.286. The topological polar surface area (TPSA) is 114 Å². The molecule has 8 nitrogen and oxygen atoms in total. The number of carboxylic acid groups (broad SMARTS) is 1. The number of anilines is 2. The van der Waals surface area contributed by atoms with Gasteiger partial charge in [0.1, 0.15) is 0 Å². The minimum absolute atomic E-state index is 0.0950. The molecule has 2 aromatic carbocycles. The number of hydrogen-bond donors (Lipinski definition) is 3. The number of benzene rings is 2. The molecule has 0 saturated heterocycles. The highest BCUT2D eigenvalue weighted by Gasteiger charge is 2.20. The van der Waals surface area contributed by atoms with Crippen LogP contribution in [-0.2, 0) is 14.4 Å². The van der Waals surface area contributed by atoms with Gasteiger partial charge in [-0.15, -0.1) is 11.8 Å². The Kier molecular flexibility index (Phi) is 7.18. The molecule has 1 aliphatic rings. The van der Waals surface area contributed by atoms with Crippen LogP contribution in [-0.4, -0.2) is 34.9 Å². The molecule has 2 aromatic rings. The molecule has 0 fully saturated rings. The SMILES string of the molecule is CCC(Sc1cccc(NC(=O)CCC(=O)O)c1)C(=O)Nc1ccc2c(c1)OCO2. The first kappa shape index (κ1) is 21.5. The van der Waals surface area contributed by atoms with Gasteiger partial charge in [-0.1, -0.05) is 13.0 Å². The average Bonchev–Trinajstić information content (AvgIpc) is 3.18. The molecule has 0 saturated carbocycles. The summed E-state index contributed by atoms with van der Waals surface area (Å²) in [5.41, 5.74) is 1.18. The number of carbonyl (C=O) groups excluding carboxylic acids is 2. The van der Waals surface area contributed by atoms with Crippen LogP contribution in [0.15, 0.2) is 47.4 Å². The number of nitrogens with one attached hydrogen (secondary N) is 2. The molecule has 1 unspecified atom stereocenters. The lowest BCUT2D eigenvalue weighted by Gasteiger charge is -2.15. The molecule has 30 heavy (non-hydrogen) atoms. The molecule has 1 aliphatic heterocycles. The first-order valence-corrected chi connectivity index (χ1v) is 10.3. The quantitative estimate of drug-likeness (QED) is 0.520. The summed E-state index contributed by atoms with van der Waals surface area (Å²) in [5, 5.41) is 13.9. The van der Waals surface area contributed by atoms with Crippen molar-refractivity contribution in [2.45, 2.75) is 36.3 Å². The van der Waals surface area contributed by atoms with E-state index in [1.807, 2.05) is 13.0 Å². The van der Waals surface area contributed by atoms with Gasteiger partial charge in [-0.3, -0.25) is 14.4 Å². The zero-order valence-electron chi connectivity index (χ0n) is 16.3. The normalized spacial score (nSPS) is 12.8. The van der Waals surface area contributed by atoms with E-state index in [0.717, 1.165) is 4.90 Å². The number of aliphatic carboxylic acids is 1. The van der Waals surface area contributed by atoms with E-state index in [1.54, 1.807) is 36.4 Å². The smallest absolute Gasteiger partial charge is 0.303 e. The van der Waals surface area contributed by atoms with Gasteiger partial charge in [-0.05, 0) is 36.8 Å². The number of amides is 2. The van der Waals surface area contributed by atoms with E-state index in [4.69, 9.17) is 14.6 Å². The van der Waals surface area contributed by atoms with Crippen LogP contribution in [0.4, 0.5) is 11.4 Å². The van der Waals surface area contributed by atoms with Gasteiger partial charge in [0, 0.05) is 28.8 Å². The van der Waals surface area contributed by atoms with Crippen LogP contribution in [0.1, 0.15) is 26.2 Å². The Morgan fingerprint density at radius 2 is 1.80 bits per heavy atom. The minimum Gasteiger partial charge on any atom is -0.481 e. The molecule has 1 atom stereocenters. The van der Waals surface area contributed by atoms with E-state index in [2.05, 4.69) is 10.6 Å². The number of thioether (sulfide) groups is 1. The van der Waals surface area contributed by atoms with Crippen LogP contribution >= 0.6 is 11.8 Å². The van der Waals surface area contributed by atoms with Gasteiger partial charge in [0.15, 0.2) is 11.5 Å². The van der Waals surface area contributed by atoms with Crippen LogP contribution in [0.3, 0.4) is 0 Å². The molecular weight excluding hydrogens is 408 g/mol. The lowest BCUT2D eigenvalue weighted by molar-refractivity contribution is -0.138. The van der Waals surface area contributed by atoms with E-state index in [-0.39, 0.29) is 36.7 Å². The van der Waals surface area contributed by atoms with Crippen molar-refractivity contribution in [1.29, 1.82) is 0 Å². The van der Waals surface area contributed by atoms with E-state index in [9.17, 15) is 14.4 Å². The second-order valence-corrected chi connectivity index (χ2v) is 7.82. The second kappa shape index (κ2) is 10.0. The van der Waals surface area contributed by atoms with Gasteiger partial charge < -0.3 is 25.2 Å². The van der Waals surface area contributed by atoms with Gasteiger partial charge in [-0.2, -0.15) is 0 Å². The summed E-state index contributed by atoms with van der Waals surface area (Å²) in [4.78, 5) is 36.0. The number of carboxylic acids is 1. The van der Waals surface area contributed by atoms with Gasteiger partial charge in [0.05, 0.1) is 11.7 Å². The molecule has 0 bridgehead atoms. The molecule has 0 radical (unpaired) electrons. The molecule has 3 N–H and O–H groups in total. The maximum Gasteiger partial charge on any atom is 0.303 e. The fourth-order valence-electron chi connectivity index (χ4n) is 2.77. The van der Waals surface area contributed by atoms with Crippen molar-refractivity contribution in [3.05, 3.63) is 42.5 Å². The molecule has 9 heteroatoms. The molecule has 2 amide bonds. The Labute approximate surface area is 177 Å². The molecule has 0 aliphatic carbocycles. The molecule has 0 aromatic heterocycles. The monoisotopic (exact) mass is 430 g/mol. The maximum absolute atomic E-state index is 12.7. The third-order valence-corrected chi connectivity index (χ3v) is 5.62. The van der Waals surface area contributed by atoms with Crippen molar-refractivity contribution >= 4 is 40.9 Å². The average molecular weight is 430 g/mol. The highest BCUT2D eigenvalue weighted by molar-refractivity contribution is 8.00. The van der Waals surface area contributed by atoms with Crippen molar-refractivity contribution in [2.75, 3.05) is 17.4 Å². The Morgan fingerprint density at radius 1 is 1.03 bits per heavy atom. The van der Waals surface area contributed by atoms with E-state index in [1.165, 1.54) is 11.8 Å². The standard InChI is InChI=1S/C21H22N2O6S/c1-2-18(21(27)23-14-6-7-16-17(11-14)29-12-28-16)30-15-5-3-4-13(10-15)22-19(24)8-9-20(25)26/h3-7,10-11,18H,2,8-9,12H2,1H3,(H,22,24)(H,23,27)(H,25,26). The number of hydrogen-bond acceptors (Lipinski definition) is 6. The Morgan fingerprint density at radius 3 is 2.57 bits per heavy atom. The summed E-state index contributed by atoms with van der Waals surface area (Å²) in [7, 11) is 0. The zero-order valence-corrected chi connectivity index (χ0v) is 17.2. The van der Waals surface area contributed by atoms with Crippen LogP contribution in [0.5, 0.6) is 11.5 Å². The Balaban J connectivity index is 1.60. The summed E-state index contributed by atoms with van der Waals surface area (Å²) in [6, 6.07) is 12.4. The summed E-state index contributed by atoms with van der Waals surface area (Å²) in [6.45, 7) is 2.10. The van der Waals surface area contributed by atoms with Crippen molar-refractivity contribution < 1.29 is 29.0 Å².